The fourth-order valence-corrected chi connectivity index (χ4v) is 2.16. The van der Waals surface area contributed by atoms with Gasteiger partial charge in [-0.25, -0.2) is 4.79 Å². The molecular formula is C15H20O4. The normalized spacial score (nSPS) is 25.3. The summed E-state index contributed by atoms with van der Waals surface area (Å²) in [6, 6.07) is 7.90. The summed E-state index contributed by atoms with van der Waals surface area (Å²) >= 11 is 0. The molecule has 2 rings (SSSR count). The summed E-state index contributed by atoms with van der Waals surface area (Å²) in [5, 5.41) is 0. The molecule has 0 spiro atoms. The van der Waals surface area contributed by atoms with Crippen molar-refractivity contribution >= 4 is 5.97 Å². The van der Waals surface area contributed by atoms with Crippen molar-refractivity contribution in [2.24, 2.45) is 0 Å². The largest absolute Gasteiger partial charge is 0.464 e. The van der Waals surface area contributed by atoms with E-state index in [0.717, 1.165) is 11.1 Å². The first-order chi connectivity index (χ1) is 8.93. The summed E-state index contributed by atoms with van der Waals surface area (Å²) in [5.41, 5.74) is 2.09. The number of benzene rings is 1. The Morgan fingerprint density at radius 3 is 2.47 bits per heavy atom. The Morgan fingerprint density at radius 1 is 1.26 bits per heavy atom. The van der Waals surface area contributed by atoms with E-state index in [2.05, 4.69) is 0 Å². The highest BCUT2D eigenvalue weighted by Gasteiger charge is 2.46. The number of aryl methyl sites for hydroxylation is 1. The van der Waals surface area contributed by atoms with Crippen LogP contribution in [-0.4, -0.2) is 24.5 Å². The maximum absolute atomic E-state index is 12.0. The zero-order valence-corrected chi connectivity index (χ0v) is 11.8. The van der Waals surface area contributed by atoms with E-state index in [1.54, 1.807) is 20.8 Å². The molecule has 19 heavy (non-hydrogen) atoms. The molecule has 0 bridgehead atoms. The summed E-state index contributed by atoms with van der Waals surface area (Å²) in [7, 11) is 0. The minimum Gasteiger partial charge on any atom is -0.464 e. The van der Waals surface area contributed by atoms with E-state index in [1.165, 1.54) is 0 Å². The minimum atomic E-state index is -0.785. The topological polar surface area (TPSA) is 44.8 Å². The highest BCUT2D eigenvalue weighted by Crippen LogP contribution is 2.38. The van der Waals surface area contributed by atoms with Crippen LogP contribution in [0.5, 0.6) is 0 Å². The van der Waals surface area contributed by atoms with Crippen LogP contribution < -0.4 is 0 Å². The average molecular weight is 264 g/mol. The lowest BCUT2D eigenvalue weighted by molar-refractivity contribution is -0.170. The van der Waals surface area contributed by atoms with Gasteiger partial charge in [0.25, 0.3) is 0 Å². The predicted molar refractivity (Wildman–Crippen MR) is 70.6 cm³/mol. The van der Waals surface area contributed by atoms with Crippen molar-refractivity contribution in [2.75, 3.05) is 6.61 Å². The van der Waals surface area contributed by atoms with Crippen LogP contribution in [0.1, 0.15) is 38.0 Å². The first kappa shape index (κ1) is 14.0. The molecule has 0 aliphatic carbocycles. The average Bonchev–Trinajstić information content (AvgIpc) is 2.67. The van der Waals surface area contributed by atoms with Crippen LogP contribution in [0, 0.1) is 6.92 Å². The van der Waals surface area contributed by atoms with Gasteiger partial charge in [-0.2, -0.15) is 0 Å². The van der Waals surface area contributed by atoms with Crippen molar-refractivity contribution < 1.29 is 19.0 Å². The van der Waals surface area contributed by atoms with E-state index in [1.807, 2.05) is 31.2 Å². The fourth-order valence-electron chi connectivity index (χ4n) is 2.16. The molecule has 4 heteroatoms. The Kier molecular flexibility index (Phi) is 3.92. The Morgan fingerprint density at radius 2 is 1.89 bits per heavy atom. The van der Waals surface area contributed by atoms with E-state index < -0.39 is 18.0 Å². The molecule has 1 aromatic rings. The monoisotopic (exact) mass is 264 g/mol. The molecule has 2 atom stereocenters. The molecule has 104 valence electrons. The number of esters is 1. The molecule has 1 aromatic carbocycles. The standard InChI is InChI=1S/C15H20O4/c1-5-17-14(16)13-12(18-15(3,4)19-13)11-8-6-10(2)7-9-11/h6-9,12-13H,5H2,1-4H3/t12?,13-/m0/s1. The zero-order valence-electron chi connectivity index (χ0n) is 11.8. The molecule has 1 aliphatic heterocycles. The molecule has 1 aliphatic rings. The molecule has 1 unspecified atom stereocenters. The first-order valence-corrected chi connectivity index (χ1v) is 6.52. The van der Waals surface area contributed by atoms with E-state index in [0.29, 0.717) is 6.61 Å². The molecular weight excluding hydrogens is 244 g/mol. The van der Waals surface area contributed by atoms with E-state index >= 15 is 0 Å². The van der Waals surface area contributed by atoms with E-state index in [9.17, 15) is 4.79 Å². The molecule has 1 heterocycles. The van der Waals surface area contributed by atoms with Crippen molar-refractivity contribution in [3.05, 3.63) is 35.4 Å². The second-order valence-corrected chi connectivity index (χ2v) is 5.14. The van der Waals surface area contributed by atoms with Crippen LogP contribution >= 0.6 is 0 Å². The van der Waals surface area contributed by atoms with Crippen LogP contribution in [0.3, 0.4) is 0 Å². The van der Waals surface area contributed by atoms with Gasteiger partial charge >= 0.3 is 5.97 Å². The summed E-state index contributed by atoms with van der Waals surface area (Å²) in [6.07, 6.45) is -1.13. The van der Waals surface area contributed by atoms with Crippen molar-refractivity contribution in [2.45, 2.75) is 45.7 Å². The van der Waals surface area contributed by atoms with Crippen molar-refractivity contribution in [1.29, 1.82) is 0 Å². The second-order valence-electron chi connectivity index (χ2n) is 5.14. The maximum Gasteiger partial charge on any atom is 0.338 e. The number of hydrogen-bond acceptors (Lipinski definition) is 4. The van der Waals surface area contributed by atoms with Crippen molar-refractivity contribution in [3.63, 3.8) is 0 Å². The number of hydrogen-bond donors (Lipinski definition) is 0. The molecule has 0 aromatic heterocycles. The van der Waals surface area contributed by atoms with E-state index in [4.69, 9.17) is 14.2 Å². The second kappa shape index (κ2) is 5.31. The number of carbonyl (C=O) groups excluding carboxylic acids is 1. The molecule has 1 fully saturated rings. The lowest BCUT2D eigenvalue weighted by atomic mass is 10.0. The van der Waals surface area contributed by atoms with Crippen LogP contribution in [0.2, 0.25) is 0 Å². The third-order valence-corrected chi connectivity index (χ3v) is 3.02. The number of rotatable bonds is 3. The van der Waals surface area contributed by atoms with Gasteiger partial charge in [0.15, 0.2) is 11.9 Å². The van der Waals surface area contributed by atoms with Gasteiger partial charge in [-0.15, -0.1) is 0 Å². The van der Waals surface area contributed by atoms with Gasteiger partial charge in [0.1, 0.15) is 6.10 Å². The quantitative estimate of drug-likeness (QED) is 0.787. The van der Waals surface area contributed by atoms with Gasteiger partial charge in [-0.1, -0.05) is 29.8 Å². The Bertz CT molecular complexity index is 450. The van der Waals surface area contributed by atoms with Gasteiger partial charge in [-0.3, -0.25) is 0 Å². The van der Waals surface area contributed by atoms with Gasteiger partial charge < -0.3 is 14.2 Å². The molecule has 0 amide bonds. The van der Waals surface area contributed by atoms with E-state index in [-0.39, 0.29) is 5.97 Å². The Labute approximate surface area is 113 Å². The SMILES string of the molecule is CCOC(=O)[C@H]1OC(C)(C)OC1c1ccc(C)cc1. The van der Waals surface area contributed by atoms with Crippen LogP contribution in [0.15, 0.2) is 24.3 Å². The molecule has 4 nitrogen and oxygen atoms in total. The van der Waals surface area contributed by atoms with Crippen LogP contribution in [0.25, 0.3) is 0 Å². The summed E-state index contributed by atoms with van der Waals surface area (Å²) < 4.78 is 16.5. The zero-order chi connectivity index (χ0) is 14.0. The Hall–Kier alpha value is -1.39. The van der Waals surface area contributed by atoms with Gasteiger partial charge in [-0.05, 0) is 33.3 Å². The van der Waals surface area contributed by atoms with Gasteiger partial charge in [0.2, 0.25) is 0 Å². The van der Waals surface area contributed by atoms with Crippen molar-refractivity contribution in [1.82, 2.24) is 0 Å². The highest BCUT2D eigenvalue weighted by molar-refractivity contribution is 5.76. The number of carbonyl (C=O) groups is 1. The van der Waals surface area contributed by atoms with Crippen LogP contribution in [0.4, 0.5) is 0 Å². The van der Waals surface area contributed by atoms with Gasteiger partial charge in [0.05, 0.1) is 6.61 Å². The fraction of sp³-hybridized carbons (Fsp3) is 0.533. The minimum absolute atomic E-state index is 0.333. The molecule has 1 saturated heterocycles. The Balaban J connectivity index is 2.25. The van der Waals surface area contributed by atoms with Crippen molar-refractivity contribution in [3.8, 4) is 0 Å². The first-order valence-electron chi connectivity index (χ1n) is 6.52. The summed E-state index contributed by atoms with van der Waals surface area (Å²) in [5.74, 6) is -1.16. The highest BCUT2D eigenvalue weighted by atomic mass is 16.8. The predicted octanol–water partition coefficient (Wildman–Crippen LogP) is 2.75. The lowest BCUT2D eigenvalue weighted by Gasteiger charge is -2.16. The molecule has 0 N–H and O–H groups in total. The maximum atomic E-state index is 12.0. The third-order valence-electron chi connectivity index (χ3n) is 3.02. The van der Waals surface area contributed by atoms with Gasteiger partial charge in [0, 0.05) is 0 Å². The number of ether oxygens (including phenoxy) is 3. The molecule has 0 saturated carbocycles. The third kappa shape index (κ3) is 3.14. The molecule has 0 radical (unpaired) electrons. The lowest BCUT2D eigenvalue weighted by Crippen LogP contribution is -2.29. The summed E-state index contributed by atoms with van der Waals surface area (Å²) in [4.78, 5) is 12.0. The smallest absolute Gasteiger partial charge is 0.338 e. The summed E-state index contributed by atoms with van der Waals surface area (Å²) in [6.45, 7) is 7.73. The van der Waals surface area contributed by atoms with Crippen LogP contribution in [-0.2, 0) is 19.0 Å².